The predicted molar refractivity (Wildman–Crippen MR) is 46.1 cm³/mol. The molecule has 0 spiro atoms. The molecular weight excluding hydrogens is 172 g/mol. The highest BCUT2D eigenvalue weighted by Gasteiger charge is 2.20. The second-order valence-electron chi connectivity index (χ2n) is 2.91. The maximum Gasteiger partial charge on any atom is 0.239 e. The van der Waals surface area contributed by atoms with Crippen molar-refractivity contribution in [3.05, 3.63) is 0 Å². The highest BCUT2D eigenvalue weighted by molar-refractivity contribution is 5.85. The molecule has 1 aliphatic rings. The third-order valence-electron chi connectivity index (χ3n) is 1.91. The van der Waals surface area contributed by atoms with Crippen LogP contribution in [0.2, 0.25) is 0 Å². The summed E-state index contributed by atoms with van der Waals surface area (Å²) in [5, 5.41) is 2.66. The van der Waals surface area contributed by atoms with E-state index < -0.39 is 0 Å². The Morgan fingerprint density at radius 1 is 1.69 bits per heavy atom. The van der Waals surface area contributed by atoms with Gasteiger partial charge >= 0.3 is 0 Å². The number of piperazine rings is 1. The van der Waals surface area contributed by atoms with Crippen LogP contribution in [0.3, 0.4) is 0 Å². The van der Waals surface area contributed by atoms with Crippen molar-refractivity contribution in [1.82, 2.24) is 10.2 Å². The molecule has 0 aromatic heterocycles. The van der Waals surface area contributed by atoms with Crippen LogP contribution >= 0.6 is 0 Å². The van der Waals surface area contributed by atoms with Crippen molar-refractivity contribution in [2.45, 2.75) is 6.42 Å². The van der Waals surface area contributed by atoms with Crippen LogP contribution in [0.5, 0.6) is 0 Å². The second-order valence-corrected chi connectivity index (χ2v) is 2.91. The molecule has 1 rings (SSSR count). The summed E-state index contributed by atoms with van der Waals surface area (Å²) >= 11 is 0. The summed E-state index contributed by atoms with van der Waals surface area (Å²) in [5.41, 5.74) is 0. The standard InChI is InChI=1S/C8H14N2O3/c1-13-5-2-8(12)10-4-3-9-7(11)6-10/h2-6H2,1H3,(H,9,11). The van der Waals surface area contributed by atoms with Crippen LogP contribution in [0.15, 0.2) is 0 Å². The lowest BCUT2D eigenvalue weighted by atomic mass is 10.3. The van der Waals surface area contributed by atoms with E-state index in [2.05, 4.69) is 5.32 Å². The van der Waals surface area contributed by atoms with Gasteiger partial charge in [0.2, 0.25) is 11.8 Å². The Morgan fingerprint density at radius 2 is 2.46 bits per heavy atom. The number of hydrogen-bond donors (Lipinski definition) is 1. The molecule has 1 fully saturated rings. The summed E-state index contributed by atoms with van der Waals surface area (Å²) in [6, 6.07) is 0. The molecule has 0 unspecified atom stereocenters. The third-order valence-corrected chi connectivity index (χ3v) is 1.91. The van der Waals surface area contributed by atoms with Crippen LogP contribution in [0.1, 0.15) is 6.42 Å². The van der Waals surface area contributed by atoms with E-state index in [9.17, 15) is 9.59 Å². The zero-order chi connectivity index (χ0) is 9.68. The van der Waals surface area contributed by atoms with Crippen molar-refractivity contribution >= 4 is 11.8 Å². The summed E-state index contributed by atoms with van der Waals surface area (Å²) in [6.07, 6.45) is 0.351. The maximum absolute atomic E-state index is 11.4. The van der Waals surface area contributed by atoms with E-state index in [0.29, 0.717) is 26.1 Å². The minimum Gasteiger partial charge on any atom is -0.384 e. The fourth-order valence-corrected chi connectivity index (χ4v) is 1.20. The van der Waals surface area contributed by atoms with E-state index in [1.807, 2.05) is 0 Å². The summed E-state index contributed by atoms with van der Waals surface area (Å²) in [7, 11) is 1.55. The van der Waals surface area contributed by atoms with Crippen molar-refractivity contribution in [3.8, 4) is 0 Å². The van der Waals surface area contributed by atoms with Gasteiger partial charge in [0.15, 0.2) is 0 Å². The first kappa shape index (κ1) is 9.98. The van der Waals surface area contributed by atoms with E-state index in [4.69, 9.17) is 4.74 Å². The van der Waals surface area contributed by atoms with Crippen LogP contribution < -0.4 is 5.32 Å². The molecule has 0 aromatic rings. The Morgan fingerprint density at radius 3 is 3.08 bits per heavy atom. The molecular formula is C8H14N2O3. The van der Waals surface area contributed by atoms with E-state index >= 15 is 0 Å². The Labute approximate surface area is 77.0 Å². The maximum atomic E-state index is 11.4. The minimum absolute atomic E-state index is 0.0169. The Bertz CT molecular complexity index is 206. The lowest BCUT2D eigenvalue weighted by molar-refractivity contribution is -0.138. The molecule has 1 aliphatic heterocycles. The van der Waals surface area contributed by atoms with Crippen LogP contribution in [-0.4, -0.2) is 50.1 Å². The molecule has 0 bridgehead atoms. The highest BCUT2D eigenvalue weighted by atomic mass is 16.5. The van der Waals surface area contributed by atoms with Crippen LogP contribution in [0, 0.1) is 0 Å². The summed E-state index contributed by atoms with van der Waals surface area (Å²) in [4.78, 5) is 23.8. The van der Waals surface area contributed by atoms with Crippen LogP contribution in [0.4, 0.5) is 0 Å². The van der Waals surface area contributed by atoms with Crippen molar-refractivity contribution in [2.24, 2.45) is 0 Å². The van der Waals surface area contributed by atoms with E-state index in [-0.39, 0.29) is 18.4 Å². The van der Waals surface area contributed by atoms with Gasteiger partial charge in [-0.25, -0.2) is 0 Å². The Hall–Kier alpha value is -1.10. The smallest absolute Gasteiger partial charge is 0.239 e. The summed E-state index contributed by atoms with van der Waals surface area (Å²) in [6.45, 7) is 1.76. The molecule has 0 aliphatic carbocycles. The lowest BCUT2D eigenvalue weighted by Gasteiger charge is -2.26. The number of nitrogens with zero attached hydrogens (tertiary/aromatic N) is 1. The van der Waals surface area contributed by atoms with Gasteiger partial charge in [0.1, 0.15) is 0 Å². The molecule has 0 atom stereocenters. The molecule has 1 N–H and O–H groups in total. The average Bonchev–Trinajstić information content (AvgIpc) is 2.14. The SMILES string of the molecule is COCCC(=O)N1CCNC(=O)C1. The number of methoxy groups -OCH3 is 1. The lowest BCUT2D eigenvalue weighted by Crippen LogP contribution is -2.50. The molecule has 0 radical (unpaired) electrons. The monoisotopic (exact) mass is 186 g/mol. The molecule has 5 nitrogen and oxygen atoms in total. The first-order chi connectivity index (χ1) is 6.24. The highest BCUT2D eigenvalue weighted by Crippen LogP contribution is 1.97. The molecule has 0 aromatic carbocycles. The summed E-state index contributed by atoms with van der Waals surface area (Å²) in [5.74, 6) is -0.103. The number of carbonyl (C=O) groups is 2. The average molecular weight is 186 g/mol. The number of nitrogens with one attached hydrogen (secondary N) is 1. The fourth-order valence-electron chi connectivity index (χ4n) is 1.20. The first-order valence-electron chi connectivity index (χ1n) is 4.27. The van der Waals surface area contributed by atoms with Gasteiger partial charge < -0.3 is 15.0 Å². The number of ether oxygens (including phenoxy) is 1. The van der Waals surface area contributed by atoms with Gasteiger partial charge in [0.25, 0.3) is 0 Å². The number of rotatable bonds is 3. The Balaban J connectivity index is 2.32. The second kappa shape index (κ2) is 4.81. The van der Waals surface area contributed by atoms with Crippen molar-refractivity contribution in [1.29, 1.82) is 0 Å². The van der Waals surface area contributed by atoms with Gasteiger partial charge in [-0.15, -0.1) is 0 Å². The van der Waals surface area contributed by atoms with Gasteiger partial charge in [0.05, 0.1) is 19.6 Å². The predicted octanol–water partition coefficient (Wildman–Crippen LogP) is -1.02. The van der Waals surface area contributed by atoms with Gasteiger partial charge in [-0.1, -0.05) is 0 Å². The number of carbonyl (C=O) groups excluding carboxylic acids is 2. The molecule has 2 amide bonds. The minimum atomic E-state index is -0.0861. The van der Waals surface area contributed by atoms with Gasteiger partial charge in [-0.3, -0.25) is 9.59 Å². The van der Waals surface area contributed by atoms with E-state index in [1.54, 1.807) is 12.0 Å². The van der Waals surface area contributed by atoms with Gasteiger partial charge in [-0.05, 0) is 0 Å². The van der Waals surface area contributed by atoms with E-state index in [1.165, 1.54) is 0 Å². The molecule has 1 saturated heterocycles. The number of amides is 2. The molecule has 74 valence electrons. The summed E-state index contributed by atoms with van der Waals surface area (Å²) < 4.78 is 4.78. The number of hydrogen-bond acceptors (Lipinski definition) is 3. The normalized spacial score (nSPS) is 17.0. The Kier molecular flexibility index (Phi) is 3.70. The largest absolute Gasteiger partial charge is 0.384 e. The quantitative estimate of drug-likeness (QED) is 0.614. The molecule has 5 heteroatoms. The molecule has 13 heavy (non-hydrogen) atoms. The van der Waals surface area contributed by atoms with Crippen molar-refractivity contribution in [2.75, 3.05) is 33.4 Å². The van der Waals surface area contributed by atoms with Gasteiger partial charge in [-0.2, -0.15) is 0 Å². The zero-order valence-corrected chi connectivity index (χ0v) is 7.71. The topological polar surface area (TPSA) is 58.6 Å². The van der Waals surface area contributed by atoms with Crippen molar-refractivity contribution in [3.63, 3.8) is 0 Å². The molecule has 1 heterocycles. The zero-order valence-electron chi connectivity index (χ0n) is 7.71. The van der Waals surface area contributed by atoms with Crippen molar-refractivity contribution < 1.29 is 14.3 Å². The van der Waals surface area contributed by atoms with Crippen LogP contribution in [-0.2, 0) is 14.3 Å². The van der Waals surface area contributed by atoms with Crippen LogP contribution in [0.25, 0.3) is 0 Å². The molecule has 0 saturated carbocycles. The first-order valence-corrected chi connectivity index (χ1v) is 4.27. The fraction of sp³-hybridized carbons (Fsp3) is 0.750. The third kappa shape index (κ3) is 3.02. The van der Waals surface area contributed by atoms with E-state index in [0.717, 1.165) is 0 Å². The van der Waals surface area contributed by atoms with Gasteiger partial charge in [0, 0.05) is 20.2 Å².